The zero-order valence-electron chi connectivity index (χ0n) is 11.2. The Morgan fingerprint density at radius 1 is 1.25 bits per heavy atom. The number of fused-ring (bicyclic) bond motifs is 1. The van der Waals surface area contributed by atoms with Crippen molar-refractivity contribution in [3.8, 4) is 11.5 Å². The molecular weight excluding hydrogens is 280 g/mol. The third-order valence-electron chi connectivity index (χ3n) is 4.04. The monoisotopic (exact) mass is 296 g/mol. The number of ketones is 1. The molecule has 0 bridgehead atoms. The van der Waals surface area contributed by atoms with Gasteiger partial charge in [0.25, 0.3) is 0 Å². The normalized spacial score (nSPS) is 22.9. The van der Waals surface area contributed by atoms with Gasteiger partial charge in [0.1, 0.15) is 17.1 Å². The second-order valence-electron chi connectivity index (χ2n) is 5.40. The molecule has 0 amide bonds. The fourth-order valence-electron chi connectivity index (χ4n) is 2.79. The van der Waals surface area contributed by atoms with Gasteiger partial charge in [-0.1, -0.05) is 0 Å². The summed E-state index contributed by atoms with van der Waals surface area (Å²) in [4.78, 5) is 12.2. The Morgan fingerprint density at radius 2 is 1.95 bits per heavy atom. The molecule has 0 unspecified atom stereocenters. The molecule has 1 aromatic carbocycles. The highest BCUT2D eigenvalue weighted by Gasteiger charge is 2.44. The molecule has 1 fully saturated rings. The number of ether oxygens (including phenoxy) is 2. The van der Waals surface area contributed by atoms with E-state index in [0.29, 0.717) is 29.9 Å². The Kier molecular flexibility index (Phi) is 3.01. The number of carbonyl (C=O) groups is 1. The largest absolute Gasteiger partial charge is 0.497 e. The summed E-state index contributed by atoms with van der Waals surface area (Å²) in [6.45, 7) is 0. The first-order chi connectivity index (χ1) is 9.43. The lowest BCUT2D eigenvalue weighted by molar-refractivity contribution is 0.0334. The molecule has 20 heavy (non-hydrogen) atoms. The van der Waals surface area contributed by atoms with E-state index in [-0.39, 0.29) is 23.7 Å². The van der Waals surface area contributed by atoms with E-state index in [1.807, 2.05) is 0 Å². The maximum atomic E-state index is 12.2. The summed E-state index contributed by atoms with van der Waals surface area (Å²) in [6, 6.07) is 5.11. The van der Waals surface area contributed by atoms with E-state index in [1.54, 1.807) is 25.3 Å². The van der Waals surface area contributed by atoms with Gasteiger partial charge in [0, 0.05) is 18.9 Å². The molecule has 5 nitrogen and oxygen atoms in total. The predicted molar refractivity (Wildman–Crippen MR) is 73.2 cm³/mol. The molecule has 6 heteroatoms. The van der Waals surface area contributed by atoms with E-state index in [9.17, 15) is 13.2 Å². The predicted octanol–water partition coefficient (Wildman–Crippen LogP) is 1.61. The fourth-order valence-corrected chi connectivity index (χ4v) is 4.36. The quantitative estimate of drug-likeness (QED) is 0.787. The molecule has 0 N–H and O–H groups in total. The van der Waals surface area contributed by atoms with Crippen molar-refractivity contribution in [1.82, 2.24) is 0 Å². The van der Waals surface area contributed by atoms with E-state index < -0.39 is 15.4 Å². The zero-order valence-corrected chi connectivity index (χ0v) is 12.0. The standard InChI is InChI=1S/C14H16O5S/c1-18-10-2-3-11-12(15)9-14(19-13(11)8-10)4-6-20(16,17)7-5-14/h2-3,8H,4-7,9H2,1H3. The van der Waals surface area contributed by atoms with Gasteiger partial charge in [-0.3, -0.25) is 4.79 Å². The van der Waals surface area contributed by atoms with Gasteiger partial charge in [0.05, 0.1) is 30.6 Å². The first-order valence-electron chi connectivity index (χ1n) is 6.54. The average Bonchev–Trinajstić information content (AvgIpc) is 2.42. The lowest BCUT2D eigenvalue weighted by atomic mass is 9.85. The summed E-state index contributed by atoms with van der Waals surface area (Å²) in [5.74, 6) is 1.30. The minimum atomic E-state index is -2.98. The summed E-state index contributed by atoms with van der Waals surface area (Å²) in [6.07, 6.45) is 0.997. The summed E-state index contributed by atoms with van der Waals surface area (Å²) in [7, 11) is -1.43. The van der Waals surface area contributed by atoms with Gasteiger partial charge >= 0.3 is 0 Å². The molecule has 0 aromatic heterocycles. The number of sulfone groups is 1. The Bertz CT molecular complexity index is 648. The third-order valence-corrected chi connectivity index (χ3v) is 5.69. The minimum absolute atomic E-state index is 0.00759. The van der Waals surface area contributed by atoms with Crippen LogP contribution in [0.15, 0.2) is 18.2 Å². The van der Waals surface area contributed by atoms with Crippen molar-refractivity contribution in [2.45, 2.75) is 24.9 Å². The molecule has 1 spiro atoms. The third kappa shape index (κ3) is 2.28. The average molecular weight is 296 g/mol. The number of methoxy groups -OCH3 is 1. The van der Waals surface area contributed by atoms with Crippen molar-refractivity contribution in [1.29, 1.82) is 0 Å². The van der Waals surface area contributed by atoms with Crippen LogP contribution < -0.4 is 9.47 Å². The van der Waals surface area contributed by atoms with E-state index in [4.69, 9.17) is 9.47 Å². The summed E-state index contributed by atoms with van der Waals surface area (Å²) in [5.41, 5.74) is -0.119. The lowest BCUT2D eigenvalue weighted by Gasteiger charge is -2.40. The SMILES string of the molecule is COc1ccc2c(c1)OC1(CCS(=O)(=O)CC1)CC2=O. The van der Waals surface area contributed by atoms with Gasteiger partial charge in [0.2, 0.25) is 0 Å². The molecule has 1 saturated heterocycles. The molecular formula is C14H16O5S. The van der Waals surface area contributed by atoms with Crippen LogP contribution in [0.2, 0.25) is 0 Å². The van der Waals surface area contributed by atoms with Crippen LogP contribution in [0, 0.1) is 0 Å². The van der Waals surface area contributed by atoms with Gasteiger partial charge in [-0.2, -0.15) is 0 Å². The van der Waals surface area contributed by atoms with Crippen LogP contribution in [0.3, 0.4) is 0 Å². The van der Waals surface area contributed by atoms with E-state index in [0.717, 1.165) is 0 Å². The smallest absolute Gasteiger partial charge is 0.170 e. The van der Waals surface area contributed by atoms with Gasteiger partial charge in [-0.25, -0.2) is 8.42 Å². The summed E-state index contributed by atoms with van der Waals surface area (Å²) in [5, 5.41) is 0. The van der Waals surface area contributed by atoms with Crippen LogP contribution in [0.5, 0.6) is 11.5 Å². The molecule has 3 rings (SSSR count). The number of rotatable bonds is 1. The van der Waals surface area contributed by atoms with E-state index in [2.05, 4.69) is 0 Å². The molecule has 2 heterocycles. The van der Waals surface area contributed by atoms with Gasteiger partial charge in [0.15, 0.2) is 15.6 Å². The molecule has 0 atom stereocenters. The Labute approximate surface area is 117 Å². The summed E-state index contributed by atoms with van der Waals surface area (Å²) < 4.78 is 34.2. The van der Waals surface area contributed by atoms with E-state index in [1.165, 1.54) is 0 Å². The Balaban J connectivity index is 1.93. The van der Waals surface area contributed by atoms with Crippen LogP contribution in [-0.2, 0) is 9.84 Å². The fraction of sp³-hybridized carbons (Fsp3) is 0.500. The van der Waals surface area contributed by atoms with Gasteiger partial charge in [-0.15, -0.1) is 0 Å². The number of carbonyl (C=O) groups excluding carboxylic acids is 1. The van der Waals surface area contributed by atoms with Crippen LogP contribution in [0.25, 0.3) is 0 Å². The zero-order chi connectivity index (χ0) is 14.4. The highest BCUT2D eigenvalue weighted by molar-refractivity contribution is 7.91. The Morgan fingerprint density at radius 3 is 2.60 bits per heavy atom. The molecule has 2 aliphatic rings. The van der Waals surface area contributed by atoms with Crippen LogP contribution in [-0.4, -0.2) is 38.4 Å². The number of hydrogen-bond donors (Lipinski definition) is 0. The van der Waals surface area contributed by atoms with Crippen molar-refractivity contribution in [3.63, 3.8) is 0 Å². The molecule has 0 aliphatic carbocycles. The van der Waals surface area contributed by atoms with Gasteiger partial charge in [-0.05, 0) is 12.1 Å². The highest BCUT2D eigenvalue weighted by Crippen LogP contribution is 2.41. The summed E-state index contributed by atoms with van der Waals surface area (Å²) >= 11 is 0. The first-order valence-corrected chi connectivity index (χ1v) is 8.36. The first kappa shape index (κ1) is 13.4. The van der Waals surface area contributed by atoms with Gasteiger partial charge < -0.3 is 9.47 Å². The van der Waals surface area contributed by atoms with Crippen molar-refractivity contribution in [2.24, 2.45) is 0 Å². The number of Topliss-reactive ketones (excluding diaryl/α,β-unsaturated/α-hetero) is 1. The molecule has 1 aromatic rings. The highest BCUT2D eigenvalue weighted by atomic mass is 32.2. The van der Waals surface area contributed by atoms with Crippen molar-refractivity contribution in [2.75, 3.05) is 18.6 Å². The molecule has 0 saturated carbocycles. The lowest BCUT2D eigenvalue weighted by Crippen LogP contribution is -2.48. The Hall–Kier alpha value is -1.56. The van der Waals surface area contributed by atoms with Crippen LogP contribution in [0.4, 0.5) is 0 Å². The maximum Gasteiger partial charge on any atom is 0.170 e. The maximum absolute atomic E-state index is 12.2. The minimum Gasteiger partial charge on any atom is -0.497 e. The van der Waals surface area contributed by atoms with Crippen molar-refractivity contribution in [3.05, 3.63) is 23.8 Å². The topological polar surface area (TPSA) is 69.7 Å². The number of hydrogen-bond acceptors (Lipinski definition) is 5. The number of benzene rings is 1. The van der Waals surface area contributed by atoms with Crippen LogP contribution in [0.1, 0.15) is 29.6 Å². The molecule has 0 radical (unpaired) electrons. The van der Waals surface area contributed by atoms with Crippen LogP contribution >= 0.6 is 0 Å². The molecule has 108 valence electrons. The second-order valence-corrected chi connectivity index (χ2v) is 7.70. The van der Waals surface area contributed by atoms with E-state index >= 15 is 0 Å². The second kappa shape index (κ2) is 4.48. The van der Waals surface area contributed by atoms with Crippen molar-refractivity contribution < 1.29 is 22.7 Å². The molecule has 2 aliphatic heterocycles. The van der Waals surface area contributed by atoms with Crippen molar-refractivity contribution >= 4 is 15.6 Å².